The minimum atomic E-state index is 0.315. The number of rotatable bonds is 2. The van der Waals surface area contributed by atoms with E-state index in [0.29, 0.717) is 11.3 Å². The average molecular weight is 144 g/mol. The second-order valence-electron chi connectivity index (χ2n) is 3.66. The van der Waals surface area contributed by atoms with Gasteiger partial charge in [-0.25, -0.2) is 0 Å². The largest absolute Gasteiger partial charge is 0.384 e. The van der Waals surface area contributed by atoms with Crippen LogP contribution in [0.5, 0.6) is 0 Å². The highest BCUT2D eigenvalue weighted by Crippen LogP contribution is 2.32. The van der Waals surface area contributed by atoms with E-state index < -0.39 is 0 Å². The molecule has 0 radical (unpaired) electrons. The van der Waals surface area contributed by atoms with Crippen LogP contribution in [0.15, 0.2) is 0 Å². The van der Waals surface area contributed by atoms with Crippen LogP contribution in [0.2, 0.25) is 0 Å². The van der Waals surface area contributed by atoms with Crippen molar-refractivity contribution in [2.75, 3.05) is 26.9 Å². The van der Waals surface area contributed by atoms with Crippen LogP contribution in [0.4, 0.5) is 0 Å². The topological polar surface area (TPSA) is 18.5 Å². The van der Waals surface area contributed by atoms with Crippen LogP contribution in [0.25, 0.3) is 0 Å². The molecule has 60 valence electrons. The Morgan fingerprint density at radius 1 is 1.60 bits per heavy atom. The zero-order valence-electron chi connectivity index (χ0n) is 7.02. The number of ether oxygens (including phenoxy) is 2. The van der Waals surface area contributed by atoms with Gasteiger partial charge in [0.05, 0.1) is 19.8 Å². The maximum Gasteiger partial charge on any atom is 0.0522 e. The Bertz CT molecular complexity index is 110. The van der Waals surface area contributed by atoms with Crippen molar-refractivity contribution in [3.63, 3.8) is 0 Å². The van der Waals surface area contributed by atoms with Gasteiger partial charge in [-0.3, -0.25) is 0 Å². The summed E-state index contributed by atoms with van der Waals surface area (Å²) in [5, 5.41) is 0. The normalized spacial score (nSPS) is 30.9. The highest BCUT2D eigenvalue weighted by atomic mass is 16.5. The fourth-order valence-electron chi connectivity index (χ4n) is 1.28. The first-order chi connectivity index (χ1) is 4.67. The molecular weight excluding hydrogens is 128 g/mol. The molecule has 0 aromatic carbocycles. The molecule has 1 atom stereocenters. The van der Waals surface area contributed by atoms with E-state index in [1.54, 1.807) is 7.11 Å². The Kier molecular flexibility index (Phi) is 2.32. The van der Waals surface area contributed by atoms with E-state index in [1.807, 2.05) is 0 Å². The summed E-state index contributed by atoms with van der Waals surface area (Å²) in [6.07, 6.45) is 0. The van der Waals surface area contributed by atoms with Crippen LogP contribution in [-0.2, 0) is 9.47 Å². The van der Waals surface area contributed by atoms with Crippen molar-refractivity contribution in [3.8, 4) is 0 Å². The Hall–Kier alpha value is -0.0800. The summed E-state index contributed by atoms with van der Waals surface area (Å²) in [6.45, 7) is 7.02. The van der Waals surface area contributed by atoms with Gasteiger partial charge in [-0.2, -0.15) is 0 Å². The van der Waals surface area contributed by atoms with E-state index >= 15 is 0 Å². The molecule has 1 unspecified atom stereocenters. The van der Waals surface area contributed by atoms with Crippen LogP contribution < -0.4 is 0 Å². The molecule has 10 heavy (non-hydrogen) atoms. The fraction of sp³-hybridized carbons (Fsp3) is 1.00. The molecule has 1 aliphatic heterocycles. The summed E-state index contributed by atoms with van der Waals surface area (Å²) in [5.74, 6) is 0.581. The molecule has 1 heterocycles. The lowest BCUT2D eigenvalue weighted by Gasteiger charge is -2.23. The monoisotopic (exact) mass is 144 g/mol. The van der Waals surface area contributed by atoms with Crippen molar-refractivity contribution in [3.05, 3.63) is 0 Å². The Labute approximate surface area is 62.5 Å². The number of hydrogen-bond donors (Lipinski definition) is 0. The summed E-state index contributed by atoms with van der Waals surface area (Å²) in [4.78, 5) is 0. The molecule has 1 saturated heterocycles. The van der Waals surface area contributed by atoms with Gasteiger partial charge >= 0.3 is 0 Å². The molecule has 0 bridgehead atoms. The van der Waals surface area contributed by atoms with Crippen molar-refractivity contribution in [1.29, 1.82) is 0 Å². The zero-order valence-corrected chi connectivity index (χ0v) is 7.02. The van der Waals surface area contributed by atoms with E-state index in [0.717, 1.165) is 19.8 Å². The molecule has 0 N–H and O–H groups in total. The average Bonchev–Trinajstić information content (AvgIpc) is 2.13. The van der Waals surface area contributed by atoms with Crippen molar-refractivity contribution in [2.45, 2.75) is 13.8 Å². The van der Waals surface area contributed by atoms with Crippen LogP contribution in [0.3, 0.4) is 0 Å². The molecule has 0 saturated carbocycles. The lowest BCUT2D eigenvalue weighted by Crippen LogP contribution is -2.25. The van der Waals surface area contributed by atoms with E-state index in [9.17, 15) is 0 Å². The standard InChI is InChI=1S/C8H16O2/c1-8(2)6-10-5-7(8)4-9-3/h7H,4-6H2,1-3H3. The molecule has 0 amide bonds. The first-order valence-corrected chi connectivity index (χ1v) is 3.73. The van der Waals surface area contributed by atoms with E-state index in [-0.39, 0.29) is 0 Å². The lowest BCUT2D eigenvalue weighted by molar-refractivity contribution is 0.110. The summed E-state index contributed by atoms with van der Waals surface area (Å²) >= 11 is 0. The van der Waals surface area contributed by atoms with Gasteiger partial charge in [0.1, 0.15) is 0 Å². The van der Waals surface area contributed by atoms with Gasteiger partial charge in [0.15, 0.2) is 0 Å². The Morgan fingerprint density at radius 3 is 2.70 bits per heavy atom. The third kappa shape index (κ3) is 1.50. The van der Waals surface area contributed by atoms with Gasteiger partial charge in [0.2, 0.25) is 0 Å². The molecule has 2 heteroatoms. The molecule has 0 aromatic rings. The Balaban J connectivity index is 2.43. The molecule has 1 rings (SSSR count). The van der Waals surface area contributed by atoms with Gasteiger partial charge in [-0.1, -0.05) is 13.8 Å². The highest BCUT2D eigenvalue weighted by molar-refractivity contribution is 4.82. The van der Waals surface area contributed by atoms with E-state index in [1.165, 1.54) is 0 Å². The third-order valence-corrected chi connectivity index (χ3v) is 2.27. The van der Waals surface area contributed by atoms with Gasteiger partial charge in [-0.05, 0) is 5.41 Å². The SMILES string of the molecule is COCC1COCC1(C)C. The summed E-state index contributed by atoms with van der Waals surface area (Å²) in [6, 6.07) is 0. The van der Waals surface area contributed by atoms with Gasteiger partial charge < -0.3 is 9.47 Å². The van der Waals surface area contributed by atoms with Crippen molar-refractivity contribution in [1.82, 2.24) is 0 Å². The van der Waals surface area contributed by atoms with Crippen LogP contribution in [-0.4, -0.2) is 26.9 Å². The fourth-order valence-corrected chi connectivity index (χ4v) is 1.28. The predicted octanol–water partition coefficient (Wildman–Crippen LogP) is 1.31. The predicted molar refractivity (Wildman–Crippen MR) is 40.0 cm³/mol. The molecular formula is C8H16O2. The highest BCUT2D eigenvalue weighted by Gasteiger charge is 2.35. The van der Waals surface area contributed by atoms with Gasteiger partial charge in [0, 0.05) is 13.0 Å². The summed E-state index contributed by atoms with van der Waals surface area (Å²) in [7, 11) is 1.74. The van der Waals surface area contributed by atoms with Crippen LogP contribution in [0, 0.1) is 11.3 Å². The van der Waals surface area contributed by atoms with Gasteiger partial charge in [-0.15, -0.1) is 0 Å². The third-order valence-electron chi connectivity index (χ3n) is 2.27. The molecule has 2 nitrogen and oxygen atoms in total. The van der Waals surface area contributed by atoms with Crippen LogP contribution >= 0.6 is 0 Å². The lowest BCUT2D eigenvalue weighted by atomic mass is 9.83. The maximum atomic E-state index is 5.34. The quantitative estimate of drug-likeness (QED) is 0.581. The van der Waals surface area contributed by atoms with Crippen molar-refractivity contribution in [2.24, 2.45) is 11.3 Å². The molecule has 1 aliphatic rings. The maximum absolute atomic E-state index is 5.34. The van der Waals surface area contributed by atoms with E-state index in [2.05, 4.69) is 13.8 Å². The smallest absolute Gasteiger partial charge is 0.0522 e. The number of hydrogen-bond acceptors (Lipinski definition) is 2. The number of methoxy groups -OCH3 is 1. The van der Waals surface area contributed by atoms with E-state index in [4.69, 9.17) is 9.47 Å². The second-order valence-corrected chi connectivity index (χ2v) is 3.66. The molecule has 1 fully saturated rings. The zero-order chi connectivity index (χ0) is 7.61. The second kappa shape index (κ2) is 2.89. The summed E-state index contributed by atoms with van der Waals surface area (Å²) < 4.78 is 10.4. The molecule has 0 spiro atoms. The molecule has 0 aromatic heterocycles. The Morgan fingerprint density at radius 2 is 2.30 bits per heavy atom. The molecule has 0 aliphatic carbocycles. The minimum absolute atomic E-state index is 0.315. The van der Waals surface area contributed by atoms with Gasteiger partial charge in [0.25, 0.3) is 0 Å². The first-order valence-electron chi connectivity index (χ1n) is 3.73. The first kappa shape index (κ1) is 8.02. The van der Waals surface area contributed by atoms with Crippen molar-refractivity contribution < 1.29 is 9.47 Å². The van der Waals surface area contributed by atoms with Crippen LogP contribution in [0.1, 0.15) is 13.8 Å². The van der Waals surface area contributed by atoms with Crippen molar-refractivity contribution >= 4 is 0 Å². The minimum Gasteiger partial charge on any atom is -0.384 e. The summed E-state index contributed by atoms with van der Waals surface area (Å²) in [5.41, 5.74) is 0.315.